The molecule has 0 fully saturated rings. The lowest BCUT2D eigenvalue weighted by atomic mass is 10.2. The number of ether oxygens (including phenoxy) is 1. The second-order valence-electron chi connectivity index (χ2n) is 3.33. The van der Waals surface area contributed by atoms with Gasteiger partial charge in [0.15, 0.2) is 6.29 Å². The van der Waals surface area contributed by atoms with Crippen molar-refractivity contribution in [1.82, 2.24) is 0 Å². The summed E-state index contributed by atoms with van der Waals surface area (Å²) in [7, 11) is 0. The molecule has 17 heavy (non-hydrogen) atoms. The highest BCUT2D eigenvalue weighted by Gasteiger charge is 2.07. The molecule has 0 N–H and O–H groups in total. The van der Waals surface area contributed by atoms with Crippen molar-refractivity contribution in [2.75, 3.05) is 0 Å². The molecule has 0 aromatic heterocycles. The Morgan fingerprint density at radius 1 is 1.00 bits per heavy atom. The van der Waals surface area contributed by atoms with Crippen LogP contribution in [0.2, 0.25) is 0 Å². The first-order valence-corrected chi connectivity index (χ1v) is 6.46. The summed E-state index contributed by atoms with van der Waals surface area (Å²) in [4.78, 5) is 10.9. The third-order valence-electron chi connectivity index (χ3n) is 2.16. The molecule has 2 nitrogen and oxygen atoms in total. The molecule has 0 aliphatic heterocycles. The molecule has 4 heteroatoms. The van der Waals surface area contributed by atoms with E-state index in [0.717, 1.165) is 15.2 Å². The third-order valence-corrected chi connectivity index (χ3v) is 3.31. The zero-order chi connectivity index (χ0) is 12.3. The van der Waals surface area contributed by atoms with Crippen LogP contribution < -0.4 is 4.74 Å². The monoisotopic (exact) mass is 354 g/mol. The highest BCUT2D eigenvalue weighted by molar-refractivity contribution is 9.10. The van der Waals surface area contributed by atoms with Crippen LogP contribution in [0.15, 0.2) is 51.4 Å². The largest absolute Gasteiger partial charge is 0.455 e. The first-order valence-electron chi connectivity index (χ1n) is 4.88. The highest BCUT2D eigenvalue weighted by Crippen LogP contribution is 2.32. The van der Waals surface area contributed by atoms with Gasteiger partial charge in [0.1, 0.15) is 11.5 Å². The zero-order valence-corrected chi connectivity index (χ0v) is 11.9. The SMILES string of the molecule is O=Cc1ccc(Br)cc1Oc1ccccc1Br. The Balaban J connectivity index is 2.39. The normalized spacial score (nSPS) is 10.0. The Bertz CT molecular complexity index is 553. The molecular formula is C13H8Br2O2. The highest BCUT2D eigenvalue weighted by atomic mass is 79.9. The third kappa shape index (κ3) is 2.96. The minimum absolute atomic E-state index is 0.518. The maximum Gasteiger partial charge on any atom is 0.153 e. The average Bonchev–Trinajstić information content (AvgIpc) is 2.32. The van der Waals surface area contributed by atoms with E-state index < -0.39 is 0 Å². The molecule has 2 rings (SSSR count). The molecule has 0 heterocycles. The van der Waals surface area contributed by atoms with E-state index in [0.29, 0.717) is 17.1 Å². The van der Waals surface area contributed by atoms with E-state index in [4.69, 9.17) is 4.74 Å². The summed E-state index contributed by atoms with van der Waals surface area (Å²) < 4.78 is 7.41. The number of carbonyl (C=O) groups excluding carboxylic acids is 1. The van der Waals surface area contributed by atoms with Crippen molar-refractivity contribution >= 4 is 38.1 Å². The molecule has 0 saturated heterocycles. The number of hydrogen-bond acceptors (Lipinski definition) is 2. The number of carbonyl (C=O) groups is 1. The molecule has 0 radical (unpaired) electrons. The van der Waals surface area contributed by atoms with Crippen molar-refractivity contribution < 1.29 is 9.53 Å². The lowest BCUT2D eigenvalue weighted by molar-refractivity contribution is 0.112. The molecule has 0 unspecified atom stereocenters. The van der Waals surface area contributed by atoms with Crippen LogP contribution in [0.5, 0.6) is 11.5 Å². The number of para-hydroxylation sites is 1. The van der Waals surface area contributed by atoms with E-state index in [1.54, 1.807) is 18.2 Å². The Hall–Kier alpha value is -1.13. The van der Waals surface area contributed by atoms with Gasteiger partial charge >= 0.3 is 0 Å². The maximum absolute atomic E-state index is 10.9. The van der Waals surface area contributed by atoms with Crippen molar-refractivity contribution in [2.24, 2.45) is 0 Å². The van der Waals surface area contributed by atoms with Crippen LogP contribution in [0, 0.1) is 0 Å². The van der Waals surface area contributed by atoms with Crippen molar-refractivity contribution in [3.8, 4) is 11.5 Å². The van der Waals surface area contributed by atoms with Gasteiger partial charge in [0.2, 0.25) is 0 Å². The fourth-order valence-corrected chi connectivity index (χ4v) is 2.05. The lowest BCUT2D eigenvalue weighted by Crippen LogP contribution is -1.91. The van der Waals surface area contributed by atoms with Crippen molar-refractivity contribution in [1.29, 1.82) is 0 Å². The number of hydrogen-bond donors (Lipinski definition) is 0. The predicted molar refractivity (Wildman–Crippen MR) is 73.7 cm³/mol. The number of rotatable bonds is 3. The summed E-state index contributed by atoms with van der Waals surface area (Å²) in [5, 5.41) is 0. The summed E-state index contributed by atoms with van der Waals surface area (Å²) in [6.07, 6.45) is 0.776. The molecule has 2 aromatic rings. The van der Waals surface area contributed by atoms with Crippen LogP contribution in [0.3, 0.4) is 0 Å². The Labute approximate surface area is 116 Å². The van der Waals surface area contributed by atoms with E-state index in [1.165, 1.54) is 0 Å². The van der Waals surface area contributed by atoms with E-state index in [2.05, 4.69) is 31.9 Å². The zero-order valence-electron chi connectivity index (χ0n) is 8.69. The topological polar surface area (TPSA) is 26.3 Å². The summed E-state index contributed by atoms with van der Waals surface area (Å²) in [6, 6.07) is 12.8. The van der Waals surface area contributed by atoms with E-state index in [1.807, 2.05) is 24.3 Å². The minimum atomic E-state index is 0.518. The van der Waals surface area contributed by atoms with Gasteiger partial charge in [-0.1, -0.05) is 28.1 Å². The van der Waals surface area contributed by atoms with E-state index >= 15 is 0 Å². The van der Waals surface area contributed by atoms with Gasteiger partial charge in [-0.3, -0.25) is 4.79 Å². The lowest BCUT2D eigenvalue weighted by Gasteiger charge is -2.09. The van der Waals surface area contributed by atoms with Crippen molar-refractivity contribution in [3.05, 3.63) is 57.0 Å². The quantitative estimate of drug-likeness (QED) is 0.738. The maximum atomic E-state index is 10.9. The number of benzene rings is 2. The Kier molecular flexibility index (Phi) is 3.97. The molecule has 0 atom stereocenters. The van der Waals surface area contributed by atoms with Gasteiger partial charge in [0.25, 0.3) is 0 Å². The molecule has 0 amide bonds. The summed E-state index contributed by atoms with van der Waals surface area (Å²) >= 11 is 6.74. The molecular weight excluding hydrogens is 348 g/mol. The van der Waals surface area contributed by atoms with Crippen LogP contribution in [0.1, 0.15) is 10.4 Å². The Morgan fingerprint density at radius 2 is 1.76 bits per heavy atom. The van der Waals surface area contributed by atoms with Crippen molar-refractivity contribution in [2.45, 2.75) is 0 Å². The fraction of sp³-hybridized carbons (Fsp3) is 0. The molecule has 0 aliphatic carbocycles. The van der Waals surface area contributed by atoms with Crippen molar-refractivity contribution in [3.63, 3.8) is 0 Å². The van der Waals surface area contributed by atoms with Crippen LogP contribution in [-0.4, -0.2) is 6.29 Å². The molecule has 2 aromatic carbocycles. The first-order chi connectivity index (χ1) is 8.20. The molecule has 0 aliphatic rings. The standard InChI is InChI=1S/C13H8Br2O2/c14-10-6-5-9(8-16)13(7-10)17-12-4-2-1-3-11(12)15/h1-8H. The molecule has 86 valence electrons. The van der Waals surface area contributed by atoms with Gasteiger partial charge in [0.05, 0.1) is 10.0 Å². The summed E-state index contributed by atoms with van der Waals surface area (Å²) in [5.41, 5.74) is 0.518. The van der Waals surface area contributed by atoms with E-state index in [-0.39, 0.29) is 0 Å². The van der Waals surface area contributed by atoms with Gasteiger partial charge in [-0.2, -0.15) is 0 Å². The van der Waals surface area contributed by atoms with Crippen LogP contribution in [0.4, 0.5) is 0 Å². The molecule has 0 spiro atoms. The van der Waals surface area contributed by atoms with Crippen LogP contribution >= 0.6 is 31.9 Å². The van der Waals surface area contributed by atoms with E-state index in [9.17, 15) is 4.79 Å². The smallest absolute Gasteiger partial charge is 0.153 e. The molecule has 0 saturated carbocycles. The van der Waals surface area contributed by atoms with Gasteiger partial charge in [-0.05, 0) is 46.3 Å². The summed E-state index contributed by atoms with van der Waals surface area (Å²) in [6.45, 7) is 0. The second-order valence-corrected chi connectivity index (χ2v) is 5.10. The number of aldehydes is 1. The Morgan fingerprint density at radius 3 is 2.47 bits per heavy atom. The predicted octanol–water partition coefficient (Wildman–Crippen LogP) is 4.82. The van der Waals surface area contributed by atoms with Crippen LogP contribution in [-0.2, 0) is 0 Å². The van der Waals surface area contributed by atoms with Crippen LogP contribution in [0.25, 0.3) is 0 Å². The number of halogens is 2. The first kappa shape index (κ1) is 12.3. The fourth-order valence-electron chi connectivity index (χ4n) is 1.34. The average molecular weight is 356 g/mol. The summed E-state index contributed by atoms with van der Waals surface area (Å²) in [5.74, 6) is 1.20. The van der Waals surface area contributed by atoms with Gasteiger partial charge < -0.3 is 4.74 Å². The van der Waals surface area contributed by atoms with Gasteiger partial charge in [-0.25, -0.2) is 0 Å². The second kappa shape index (κ2) is 5.47. The van der Waals surface area contributed by atoms with Gasteiger partial charge in [0, 0.05) is 4.47 Å². The minimum Gasteiger partial charge on any atom is -0.455 e. The molecule has 0 bridgehead atoms. The van der Waals surface area contributed by atoms with Gasteiger partial charge in [-0.15, -0.1) is 0 Å².